The van der Waals surface area contributed by atoms with Crippen LogP contribution in [0.1, 0.15) is 25.8 Å². The molecule has 0 saturated carbocycles. The summed E-state index contributed by atoms with van der Waals surface area (Å²) in [7, 11) is -1.37. The molecule has 0 aromatic heterocycles. The summed E-state index contributed by atoms with van der Waals surface area (Å²) in [6, 6.07) is 7.89. The molecule has 1 aromatic carbocycles. The summed E-state index contributed by atoms with van der Waals surface area (Å²) in [5.74, 6) is 1.50. The average molecular weight is 370 g/mol. The van der Waals surface area contributed by atoms with Gasteiger partial charge in [-0.1, -0.05) is 26.0 Å². The van der Waals surface area contributed by atoms with Crippen molar-refractivity contribution in [2.45, 2.75) is 26.7 Å². The Hall–Kier alpha value is -1.15. The average Bonchev–Trinajstić information content (AvgIpc) is 2.56. The maximum Gasteiger partial charge on any atom is 0.279 e. The fourth-order valence-electron chi connectivity index (χ4n) is 2.61. The van der Waals surface area contributed by atoms with E-state index in [4.69, 9.17) is 4.74 Å². The highest BCUT2D eigenvalue weighted by atomic mass is 32.2. The normalized spacial score (nSPS) is 17.1. The first-order chi connectivity index (χ1) is 11.9. The lowest BCUT2D eigenvalue weighted by Crippen LogP contribution is -2.51. The quantitative estimate of drug-likeness (QED) is 0.720. The van der Waals surface area contributed by atoms with E-state index in [2.05, 4.69) is 23.5 Å². The zero-order chi connectivity index (χ0) is 18.3. The number of nitrogens with zero attached hydrogens (tertiary/aromatic N) is 2. The minimum absolute atomic E-state index is 0.405. The van der Waals surface area contributed by atoms with Gasteiger partial charge in [0.15, 0.2) is 0 Å². The van der Waals surface area contributed by atoms with Crippen molar-refractivity contribution in [1.82, 2.24) is 13.9 Å². The van der Waals surface area contributed by atoms with E-state index in [9.17, 15) is 8.42 Å². The van der Waals surface area contributed by atoms with Gasteiger partial charge < -0.3 is 9.64 Å². The van der Waals surface area contributed by atoms with Crippen molar-refractivity contribution in [3.8, 4) is 5.75 Å². The lowest BCUT2D eigenvalue weighted by atomic mass is 10.1. The molecule has 0 aliphatic carbocycles. The van der Waals surface area contributed by atoms with Crippen molar-refractivity contribution in [2.24, 2.45) is 5.92 Å². The lowest BCUT2D eigenvalue weighted by molar-refractivity contribution is 0.221. The topological polar surface area (TPSA) is 61.9 Å². The first kappa shape index (κ1) is 20.2. The molecule has 0 atom stereocenters. The van der Waals surface area contributed by atoms with Crippen LogP contribution < -0.4 is 9.46 Å². The Balaban J connectivity index is 1.73. The molecule has 1 aliphatic rings. The van der Waals surface area contributed by atoms with Crippen LogP contribution in [0.2, 0.25) is 0 Å². The molecule has 1 aromatic rings. The number of rotatable bonds is 9. The third-order valence-electron chi connectivity index (χ3n) is 4.39. The Morgan fingerprint density at radius 1 is 1.12 bits per heavy atom. The van der Waals surface area contributed by atoms with Crippen LogP contribution in [0.3, 0.4) is 0 Å². The molecule has 0 radical (unpaired) electrons. The van der Waals surface area contributed by atoms with E-state index in [0.29, 0.717) is 32.0 Å². The van der Waals surface area contributed by atoms with Gasteiger partial charge in [-0.15, -0.1) is 0 Å². The number of benzene rings is 1. The minimum atomic E-state index is -3.37. The van der Waals surface area contributed by atoms with E-state index in [0.717, 1.165) is 37.4 Å². The fourth-order valence-corrected chi connectivity index (χ4v) is 3.80. The van der Waals surface area contributed by atoms with Crippen molar-refractivity contribution >= 4 is 10.2 Å². The van der Waals surface area contributed by atoms with Crippen molar-refractivity contribution in [3.05, 3.63) is 29.8 Å². The molecule has 1 heterocycles. The van der Waals surface area contributed by atoms with Gasteiger partial charge in [0, 0.05) is 32.7 Å². The predicted octanol–water partition coefficient (Wildman–Crippen LogP) is 1.74. The maximum absolute atomic E-state index is 12.3. The fraction of sp³-hybridized carbons (Fsp3) is 0.667. The van der Waals surface area contributed by atoms with Crippen LogP contribution in [-0.4, -0.2) is 64.0 Å². The van der Waals surface area contributed by atoms with Gasteiger partial charge in [-0.3, -0.25) is 0 Å². The van der Waals surface area contributed by atoms with Crippen LogP contribution in [0.25, 0.3) is 0 Å². The highest BCUT2D eigenvalue weighted by molar-refractivity contribution is 7.87. The van der Waals surface area contributed by atoms with E-state index >= 15 is 0 Å². The molecule has 1 N–H and O–H groups in total. The van der Waals surface area contributed by atoms with Crippen LogP contribution in [0.15, 0.2) is 24.3 Å². The van der Waals surface area contributed by atoms with Crippen LogP contribution in [-0.2, 0) is 16.6 Å². The van der Waals surface area contributed by atoms with Crippen molar-refractivity contribution in [3.63, 3.8) is 0 Å². The number of hydrogen-bond acceptors (Lipinski definition) is 4. The van der Waals surface area contributed by atoms with E-state index in [1.54, 1.807) is 0 Å². The third-order valence-corrected chi connectivity index (χ3v) is 6.00. The van der Waals surface area contributed by atoms with Crippen LogP contribution in [0.5, 0.6) is 5.75 Å². The van der Waals surface area contributed by atoms with Crippen molar-refractivity contribution in [1.29, 1.82) is 0 Å². The third kappa shape index (κ3) is 6.93. The van der Waals surface area contributed by atoms with Crippen LogP contribution in [0.4, 0.5) is 0 Å². The van der Waals surface area contributed by atoms with Gasteiger partial charge in [-0.2, -0.15) is 12.7 Å². The second kappa shape index (κ2) is 9.52. The van der Waals surface area contributed by atoms with Gasteiger partial charge in [-0.05, 0) is 43.5 Å². The van der Waals surface area contributed by atoms with Crippen LogP contribution >= 0.6 is 0 Å². The maximum atomic E-state index is 12.3. The number of likely N-dealkylation sites (N-methyl/N-ethyl adjacent to an activating group) is 1. The molecule has 7 heteroatoms. The number of ether oxygens (including phenoxy) is 1. The summed E-state index contributed by atoms with van der Waals surface area (Å²) in [6.45, 7) is 8.14. The molecule has 0 amide bonds. The van der Waals surface area contributed by atoms with Gasteiger partial charge >= 0.3 is 0 Å². The Morgan fingerprint density at radius 3 is 2.36 bits per heavy atom. The minimum Gasteiger partial charge on any atom is -0.494 e. The van der Waals surface area contributed by atoms with Gasteiger partial charge in [0.1, 0.15) is 5.75 Å². The highest BCUT2D eigenvalue weighted by Gasteiger charge is 2.24. The lowest BCUT2D eigenvalue weighted by Gasteiger charge is -2.31. The zero-order valence-corrected chi connectivity index (χ0v) is 16.4. The molecular weight excluding hydrogens is 338 g/mol. The molecule has 1 saturated heterocycles. The van der Waals surface area contributed by atoms with Gasteiger partial charge in [-0.25, -0.2) is 4.72 Å². The summed E-state index contributed by atoms with van der Waals surface area (Å²) in [6.07, 6.45) is 1.70. The number of piperazine rings is 1. The summed E-state index contributed by atoms with van der Waals surface area (Å²) < 4.78 is 34.5. The first-order valence-electron chi connectivity index (χ1n) is 9.02. The zero-order valence-electron chi connectivity index (χ0n) is 15.6. The predicted molar refractivity (Wildman–Crippen MR) is 101 cm³/mol. The molecule has 0 bridgehead atoms. The smallest absolute Gasteiger partial charge is 0.279 e. The van der Waals surface area contributed by atoms with Gasteiger partial charge in [0.05, 0.1) is 6.61 Å². The van der Waals surface area contributed by atoms with Crippen LogP contribution in [0, 0.1) is 5.92 Å². The molecule has 0 unspecified atom stereocenters. The molecule has 142 valence electrons. The molecule has 1 aliphatic heterocycles. The van der Waals surface area contributed by atoms with E-state index in [1.165, 1.54) is 4.31 Å². The standard InChI is InChI=1S/C18H31N3O3S/c1-16(2)9-15-24-18-6-4-17(5-7-18)8-10-19-25(22,23)21-13-11-20(3)12-14-21/h4-7,16,19H,8-15H2,1-3H3. The van der Waals surface area contributed by atoms with Gasteiger partial charge in [0.25, 0.3) is 10.2 Å². The Morgan fingerprint density at radius 2 is 1.76 bits per heavy atom. The molecule has 6 nitrogen and oxygen atoms in total. The Bertz CT molecular complexity index is 609. The Labute approximate surface area is 152 Å². The monoisotopic (exact) mass is 369 g/mol. The second-order valence-corrected chi connectivity index (χ2v) is 8.78. The summed E-state index contributed by atoms with van der Waals surface area (Å²) in [5, 5.41) is 0. The summed E-state index contributed by atoms with van der Waals surface area (Å²) in [5.41, 5.74) is 1.09. The van der Waals surface area contributed by atoms with E-state index in [-0.39, 0.29) is 0 Å². The largest absolute Gasteiger partial charge is 0.494 e. The first-order valence-corrected chi connectivity index (χ1v) is 10.5. The second-order valence-electron chi connectivity index (χ2n) is 7.03. The van der Waals surface area contributed by atoms with Gasteiger partial charge in [0.2, 0.25) is 0 Å². The molecule has 1 fully saturated rings. The summed E-state index contributed by atoms with van der Waals surface area (Å²) in [4.78, 5) is 2.14. The Kier molecular flexibility index (Phi) is 7.68. The SMILES string of the molecule is CC(C)CCOc1ccc(CCNS(=O)(=O)N2CCN(C)CC2)cc1. The van der Waals surface area contributed by atoms with E-state index in [1.807, 2.05) is 31.3 Å². The molecular formula is C18H31N3O3S. The molecule has 25 heavy (non-hydrogen) atoms. The number of nitrogens with one attached hydrogen (secondary N) is 1. The highest BCUT2D eigenvalue weighted by Crippen LogP contribution is 2.14. The van der Waals surface area contributed by atoms with Crippen molar-refractivity contribution < 1.29 is 13.2 Å². The molecule has 2 rings (SSSR count). The number of hydrogen-bond donors (Lipinski definition) is 1. The van der Waals surface area contributed by atoms with E-state index < -0.39 is 10.2 Å². The summed E-state index contributed by atoms with van der Waals surface area (Å²) >= 11 is 0. The van der Waals surface area contributed by atoms with Crippen molar-refractivity contribution in [2.75, 3.05) is 46.4 Å². The molecule has 0 spiro atoms.